The van der Waals surface area contributed by atoms with E-state index in [2.05, 4.69) is 14.7 Å². The summed E-state index contributed by atoms with van der Waals surface area (Å²) in [5, 5.41) is 0. The van der Waals surface area contributed by atoms with E-state index in [9.17, 15) is 18.0 Å². The van der Waals surface area contributed by atoms with Gasteiger partial charge >= 0.3 is 6.36 Å². The molecular formula is C18H13F3N4O2. The maximum Gasteiger partial charge on any atom is 0.573 e. The third-order valence-electron chi connectivity index (χ3n) is 4.14. The molecule has 2 heterocycles. The maximum atomic E-state index is 12.7. The van der Waals surface area contributed by atoms with Crippen molar-refractivity contribution >= 4 is 28.1 Å². The topological polar surface area (TPSA) is 84.2 Å². The minimum Gasteiger partial charge on any atom is -0.404 e. The minimum atomic E-state index is -4.86. The van der Waals surface area contributed by atoms with Crippen molar-refractivity contribution in [1.82, 2.24) is 9.97 Å². The predicted molar refractivity (Wildman–Crippen MR) is 92.7 cm³/mol. The molecule has 2 aromatic carbocycles. The van der Waals surface area contributed by atoms with Crippen molar-refractivity contribution in [2.45, 2.75) is 6.36 Å². The number of halogens is 3. The van der Waals surface area contributed by atoms with Crippen LogP contribution in [0.2, 0.25) is 0 Å². The van der Waals surface area contributed by atoms with Gasteiger partial charge in [-0.25, -0.2) is 4.98 Å². The van der Waals surface area contributed by atoms with E-state index in [1.54, 1.807) is 18.2 Å². The van der Waals surface area contributed by atoms with E-state index >= 15 is 0 Å². The van der Waals surface area contributed by atoms with Crippen LogP contribution in [0.4, 0.5) is 18.9 Å². The molecule has 0 bridgehead atoms. The normalized spacial score (nSPS) is 15.1. The summed E-state index contributed by atoms with van der Waals surface area (Å²) in [7, 11) is 0. The summed E-state index contributed by atoms with van der Waals surface area (Å²) in [6.07, 6.45) is -4.86. The van der Waals surface area contributed by atoms with Gasteiger partial charge in [0.2, 0.25) is 0 Å². The molecule has 3 N–H and O–H groups in total. The number of carbonyl (C=O) groups is 1. The van der Waals surface area contributed by atoms with E-state index < -0.39 is 12.1 Å². The maximum absolute atomic E-state index is 12.7. The van der Waals surface area contributed by atoms with Crippen LogP contribution in [0.3, 0.4) is 0 Å². The van der Waals surface area contributed by atoms with Crippen molar-refractivity contribution in [3.8, 4) is 5.75 Å². The molecule has 1 aromatic heterocycles. The van der Waals surface area contributed by atoms with Gasteiger partial charge in [0.1, 0.15) is 17.2 Å². The number of alkyl halides is 3. The summed E-state index contributed by atoms with van der Waals surface area (Å²) in [5.41, 5.74) is 7.68. The second-order valence-electron chi connectivity index (χ2n) is 5.89. The van der Waals surface area contributed by atoms with E-state index in [-0.39, 0.29) is 35.2 Å². The molecule has 1 aliphatic rings. The molecule has 0 amide bonds. The van der Waals surface area contributed by atoms with E-state index in [0.29, 0.717) is 5.52 Å². The highest BCUT2D eigenvalue weighted by Crippen LogP contribution is 2.37. The number of nitrogens with zero attached hydrogens (tertiary/aromatic N) is 2. The van der Waals surface area contributed by atoms with Crippen molar-refractivity contribution in [1.29, 1.82) is 0 Å². The number of ether oxygens (including phenoxy) is 1. The number of ketones is 1. The van der Waals surface area contributed by atoms with Crippen molar-refractivity contribution in [3.05, 3.63) is 60.2 Å². The number of anilines is 1. The number of hydrogen-bond acceptors (Lipinski definition) is 5. The molecule has 0 saturated heterocycles. The van der Waals surface area contributed by atoms with Crippen LogP contribution in [0.1, 0.15) is 5.82 Å². The highest BCUT2D eigenvalue weighted by Gasteiger charge is 2.36. The number of imidazole rings is 1. The number of Topliss-reactive ketones (excluding diaryl/α,β-unsaturated/α-hetero) is 1. The molecule has 0 saturated carbocycles. The molecule has 0 radical (unpaired) electrons. The SMILES string of the molecule is NC1=C(c2nc3ccccc3[nH]2)C(=O)CN1c1ccccc1OC(F)(F)F. The van der Waals surface area contributed by atoms with Gasteiger partial charge in [-0.05, 0) is 24.3 Å². The molecule has 9 heteroatoms. The smallest absolute Gasteiger partial charge is 0.404 e. The molecule has 1 aliphatic heterocycles. The number of rotatable bonds is 3. The van der Waals surface area contributed by atoms with Crippen LogP contribution in [0, 0.1) is 0 Å². The minimum absolute atomic E-state index is 0.0114. The fraction of sp³-hybridized carbons (Fsp3) is 0.111. The Morgan fingerprint density at radius 3 is 2.56 bits per heavy atom. The Bertz CT molecular complexity index is 1040. The quantitative estimate of drug-likeness (QED) is 0.736. The van der Waals surface area contributed by atoms with Gasteiger partial charge in [0.25, 0.3) is 0 Å². The molecule has 3 aromatic rings. The third-order valence-corrected chi connectivity index (χ3v) is 4.14. The molecule has 0 spiro atoms. The zero-order chi connectivity index (χ0) is 19.2. The fourth-order valence-corrected chi connectivity index (χ4v) is 3.02. The van der Waals surface area contributed by atoms with Crippen molar-refractivity contribution in [2.75, 3.05) is 11.4 Å². The van der Waals surface area contributed by atoms with E-state index in [1.165, 1.54) is 29.2 Å². The predicted octanol–water partition coefficient (Wildman–Crippen LogP) is 3.18. The number of aromatic nitrogens is 2. The van der Waals surface area contributed by atoms with E-state index in [0.717, 1.165) is 5.52 Å². The van der Waals surface area contributed by atoms with Gasteiger partial charge in [0.15, 0.2) is 11.5 Å². The van der Waals surface area contributed by atoms with Crippen LogP contribution < -0.4 is 15.4 Å². The summed E-state index contributed by atoms with van der Waals surface area (Å²) in [6, 6.07) is 12.7. The third kappa shape index (κ3) is 3.07. The highest BCUT2D eigenvalue weighted by molar-refractivity contribution is 6.26. The fourth-order valence-electron chi connectivity index (χ4n) is 3.02. The van der Waals surface area contributed by atoms with Crippen molar-refractivity contribution < 1.29 is 22.7 Å². The number of fused-ring (bicyclic) bond motifs is 1. The standard InChI is InChI=1S/C18H13F3N4O2/c19-18(20,21)27-14-8-4-3-7-12(14)25-9-13(26)15(16(25)22)17-23-10-5-1-2-6-11(10)24-17/h1-8H,9,22H2,(H,23,24). The molecule has 27 heavy (non-hydrogen) atoms. The lowest BCUT2D eigenvalue weighted by Gasteiger charge is -2.22. The Kier molecular flexibility index (Phi) is 3.79. The van der Waals surface area contributed by atoms with Gasteiger partial charge in [-0.1, -0.05) is 24.3 Å². The van der Waals surface area contributed by atoms with Crippen LogP contribution in [-0.4, -0.2) is 28.7 Å². The van der Waals surface area contributed by atoms with Gasteiger partial charge in [-0.3, -0.25) is 4.79 Å². The van der Waals surface area contributed by atoms with E-state index in [4.69, 9.17) is 5.73 Å². The molecule has 6 nitrogen and oxygen atoms in total. The number of nitrogens with one attached hydrogen (secondary N) is 1. The van der Waals surface area contributed by atoms with Gasteiger partial charge in [0, 0.05) is 0 Å². The van der Waals surface area contributed by atoms with Crippen molar-refractivity contribution in [2.24, 2.45) is 5.73 Å². The lowest BCUT2D eigenvalue weighted by atomic mass is 10.2. The summed E-state index contributed by atoms with van der Waals surface area (Å²) in [6.45, 7) is -0.212. The Labute approximate surface area is 151 Å². The van der Waals surface area contributed by atoms with Crippen LogP contribution in [0.25, 0.3) is 16.6 Å². The lowest BCUT2D eigenvalue weighted by Crippen LogP contribution is -2.27. The zero-order valence-corrected chi connectivity index (χ0v) is 13.7. The number of carbonyl (C=O) groups excluding carboxylic acids is 1. The molecule has 4 rings (SSSR count). The first-order valence-corrected chi connectivity index (χ1v) is 7.94. The summed E-state index contributed by atoms with van der Waals surface area (Å²) in [4.78, 5) is 21.2. The Hall–Kier alpha value is -3.49. The average Bonchev–Trinajstić information content (AvgIpc) is 3.14. The number of nitrogens with two attached hydrogens (primary N) is 1. The Morgan fingerprint density at radius 2 is 1.81 bits per heavy atom. The first-order chi connectivity index (χ1) is 12.8. The molecule has 0 aliphatic carbocycles. The first-order valence-electron chi connectivity index (χ1n) is 7.94. The molecule has 0 fully saturated rings. The van der Waals surface area contributed by atoms with Crippen LogP contribution in [0.5, 0.6) is 5.75 Å². The summed E-state index contributed by atoms with van der Waals surface area (Å²) >= 11 is 0. The molecule has 0 unspecified atom stereocenters. The largest absolute Gasteiger partial charge is 0.573 e. The van der Waals surface area contributed by atoms with Crippen LogP contribution in [-0.2, 0) is 4.79 Å². The van der Waals surface area contributed by atoms with Crippen LogP contribution in [0.15, 0.2) is 54.4 Å². The van der Waals surface area contributed by atoms with E-state index in [1.807, 2.05) is 6.07 Å². The Morgan fingerprint density at radius 1 is 1.11 bits per heavy atom. The van der Waals surface area contributed by atoms with Gasteiger partial charge in [-0.2, -0.15) is 0 Å². The van der Waals surface area contributed by atoms with Gasteiger partial charge in [-0.15, -0.1) is 13.2 Å². The second-order valence-corrected chi connectivity index (χ2v) is 5.89. The molecule has 138 valence electrons. The number of H-pyrrole nitrogens is 1. The summed E-state index contributed by atoms with van der Waals surface area (Å²) in [5.74, 6) is -0.507. The Balaban J connectivity index is 1.77. The zero-order valence-electron chi connectivity index (χ0n) is 13.7. The number of benzene rings is 2. The number of hydrogen-bond donors (Lipinski definition) is 2. The van der Waals surface area contributed by atoms with Crippen molar-refractivity contribution in [3.63, 3.8) is 0 Å². The summed E-state index contributed by atoms with van der Waals surface area (Å²) < 4.78 is 42.1. The number of para-hydroxylation sites is 4. The van der Waals surface area contributed by atoms with Crippen LogP contribution >= 0.6 is 0 Å². The first kappa shape index (κ1) is 17.0. The molecular weight excluding hydrogens is 361 g/mol. The van der Waals surface area contributed by atoms with Gasteiger partial charge < -0.3 is 20.4 Å². The second kappa shape index (κ2) is 6.04. The lowest BCUT2D eigenvalue weighted by molar-refractivity contribution is -0.274. The molecule has 0 atom stereocenters. The highest BCUT2D eigenvalue weighted by atomic mass is 19.4. The average molecular weight is 374 g/mol. The van der Waals surface area contributed by atoms with Gasteiger partial charge in [0.05, 0.1) is 23.3 Å². The number of aromatic amines is 1. The monoisotopic (exact) mass is 374 g/mol.